The van der Waals surface area contributed by atoms with Crippen molar-refractivity contribution in [1.29, 1.82) is 0 Å². The van der Waals surface area contributed by atoms with Gasteiger partial charge < -0.3 is 20.3 Å². The van der Waals surface area contributed by atoms with Crippen LogP contribution in [-0.4, -0.2) is 34.9 Å². The molecule has 0 saturated heterocycles. The Kier molecular flexibility index (Phi) is 4.51. The number of aromatic nitrogens is 2. The lowest BCUT2D eigenvalue weighted by atomic mass is 10.2. The number of aliphatic hydroxyl groups is 1. The van der Waals surface area contributed by atoms with Crippen molar-refractivity contribution in [3.8, 4) is 0 Å². The van der Waals surface area contributed by atoms with Crippen molar-refractivity contribution < 1.29 is 9.63 Å². The molecule has 6 nitrogen and oxygen atoms in total. The van der Waals surface area contributed by atoms with Gasteiger partial charge in [-0.1, -0.05) is 0 Å². The summed E-state index contributed by atoms with van der Waals surface area (Å²) in [6.45, 7) is 6.03. The fraction of sp³-hybridized carbons (Fsp3) is 0.778. The Morgan fingerprint density at radius 2 is 2.13 bits per heavy atom. The summed E-state index contributed by atoms with van der Waals surface area (Å²) in [7, 11) is 0. The molecule has 0 spiro atoms. The summed E-state index contributed by atoms with van der Waals surface area (Å²) < 4.78 is 4.96. The van der Waals surface area contributed by atoms with Gasteiger partial charge in [-0.2, -0.15) is 4.98 Å². The molecule has 1 aromatic heterocycles. The van der Waals surface area contributed by atoms with E-state index < -0.39 is 6.10 Å². The second-order valence-electron chi connectivity index (χ2n) is 3.20. The van der Waals surface area contributed by atoms with E-state index in [0.29, 0.717) is 18.9 Å². The van der Waals surface area contributed by atoms with E-state index >= 15 is 0 Å². The van der Waals surface area contributed by atoms with E-state index in [0.717, 1.165) is 13.1 Å². The smallest absolute Gasteiger partial charge is 0.266 e. The summed E-state index contributed by atoms with van der Waals surface area (Å²) in [4.78, 5) is 6.06. The number of anilines is 1. The van der Waals surface area contributed by atoms with Gasteiger partial charge in [0, 0.05) is 13.1 Å². The first-order valence-corrected chi connectivity index (χ1v) is 5.19. The quantitative estimate of drug-likeness (QED) is 0.708. The lowest BCUT2D eigenvalue weighted by Gasteiger charge is -2.14. The van der Waals surface area contributed by atoms with Gasteiger partial charge in [0.15, 0.2) is 0 Å². The third-order valence-electron chi connectivity index (χ3n) is 2.20. The van der Waals surface area contributed by atoms with Crippen molar-refractivity contribution in [3.63, 3.8) is 0 Å². The molecule has 1 aromatic rings. The zero-order valence-electron chi connectivity index (χ0n) is 9.18. The molecule has 0 fully saturated rings. The molecule has 15 heavy (non-hydrogen) atoms. The number of hydrogen-bond acceptors (Lipinski definition) is 6. The minimum Gasteiger partial charge on any atom is -0.383 e. The van der Waals surface area contributed by atoms with Crippen molar-refractivity contribution in [2.45, 2.75) is 26.4 Å². The summed E-state index contributed by atoms with van der Waals surface area (Å²) in [5, 5.41) is 13.4. The van der Waals surface area contributed by atoms with Gasteiger partial charge >= 0.3 is 0 Å². The fourth-order valence-corrected chi connectivity index (χ4v) is 1.28. The number of hydrogen-bond donors (Lipinski definition) is 2. The average Bonchev–Trinajstić information content (AvgIpc) is 2.69. The molecule has 1 rings (SSSR count). The van der Waals surface area contributed by atoms with Crippen LogP contribution in [0, 0.1) is 0 Å². The summed E-state index contributed by atoms with van der Waals surface area (Å²) in [5.41, 5.74) is 5.33. The number of rotatable bonds is 6. The molecule has 3 N–H and O–H groups in total. The molecule has 0 aromatic carbocycles. The minimum absolute atomic E-state index is 0.238. The third-order valence-corrected chi connectivity index (χ3v) is 2.20. The summed E-state index contributed by atoms with van der Waals surface area (Å²) in [6, 6.07) is 0. The van der Waals surface area contributed by atoms with Gasteiger partial charge in [0.05, 0.1) is 0 Å². The van der Waals surface area contributed by atoms with Crippen LogP contribution in [0.5, 0.6) is 0 Å². The second kappa shape index (κ2) is 5.67. The molecule has 0 aliphatic carbocycles. The first-order chi connectivity index (χ1) is 7.22. The van der Waals surface area contributed by atoms with E-state index in [1.54, 1.807) is 0 Å². The predicted molar refractivity (Wildman–Crippen MR) is 56.5 cm³/mol. The highest BCUT2D eigenvalue weighted by Gasteiger charge is 2.17. The summed E-state index contributed by atoms with van der Waals surface area (Å²) in [5.74, 6) is 0.758. The fourth-order valence-electron chi connectivity index (χ4n) is 1.28. The topological polar surface area (TPSA) is 88.4 Å². The first-order valence-electron chi connectivity index (χ1n) is 5.19. The summed E-state index contributed by atoms with van der Waals surface area (Å²) in [6.07, 6.45) is -0.327. The van der Waals surface area contributed by atoms with Crippen LogP contribution in [0.4, 0.5) is 5.95 Å². The second-order valence-corrected chi connectivity index (χ2v) is 3.20. The van der Waals surface area contributed by atoms with Gasteiger partial charge in [-0.15, -0.1) is 0 Å². The van der Waals surface area contributed by atoms with E-state index in [2.05, 4.69) is 10.1 Å². The Balaban J connectivity index is 2.70. The van der Waals surface area contributed by atoms with E-state index in [1.807, 2.05) is 18.7 Å². The van der Waals surface area contributed by atoms with Crippen molar-refractivity contribution in [1.82, 2.24) is 10.1 Å². The van der Waals surface area contributed by atoms with Crippen molar-refractivity contribution in [2.75, 3.05) is 24.5 Å². The van der Waals surface area contributed by atoms with E-state index in [4.69, 9.17) is 10.3 Å². The van der Waals surface area contributed by atoms with E-state index in [1.165, 1.54) is 0 Å². The highest BCUT2D eigenvalue weighted by atomic mass is 16.5. The zero-order chi connectivity index (χ0) is 11.3. The Morgan fingerprint density at radius 1 is 1.47 bits per heavy atom. The van der Waals surface area contributed by atoms with Crippen LogP contribution in [0.1, 0.15) is 32.3 Å². The number of nitrogens with two attached hydrogens (primary N) is 1. The van der Waals surface area contributed by atoms with E-state index in [9.17, 15) is 5.11 Å². The molecule has 6 heteroatoms. The monoisotopic (exact) mass is 214 g/mol. The van der Waals surface area contributed by atoms with Crippen LogP contribution < -0.4 is 10.6 Å². The Bertz CT molecular complexity index is 285. The normalized spacial score (nSPS) is 12.8. The van der Waals surface area contributed by atoms with E-state index in [-0.39, 0.29) is 5.89 Å². The van der Waals surface area contributed by atoms with Crippen LogP contribution in [0.2, 0.25) is 0 Å². The van der Waals surface area contributed by atoms with Crippen LogP contribution >= 0.6 is 0 Å². The molecule has 1 heterocycles. The van der Waals surface area contributed by atoms with Gasteiger partial charge in [0.1, 0.15) is 6.10 Å². The maximum Gasteiger partial charge on any atom is 0.266 e. The van der Waals surface area contributed by atoms with Gasteiger partial charge in [-0.05, 0) is 32.0 Å². The first kappa shape index (κ1) is 11.9. The standard InChI is InChI=1S/C9H18N4O2/c1-3-13(4-2)9-11-8(15-12-9)7(14)5-6-10/h7,14H,3-6,10H2,1-2H3/t7-/m0/s1. The molecule has 0 amide bonds. The van der Waals surface area contributed by atoms with Crippen molar-refractivity contribution in [2.24, 2.45) is 5.73 Å². The Hall–Kier alpha value is -1.14. The van der Waals surface area contributed by atoms with Crippen molar-refractivity contribution >= 4 is 5.95 Å². The lowest BCUT2D eigenvalue weighted by molar-refractivity contribution is 0.127. The Labute approximate surface area is 89.1 Å². The van der Waals surface area contributed by atoms with Crippen LogP contribution in [0.15, 0.2) is 4.52 Å². The number of nitrogens with zero attached hydrogens (tertiary/aromatic N) is 3. The highest BCUT2D eigenvalue weighted by Crippen LogP contribution is 2.16. The van der Waals surface area contributed by atoms with Crippen LogP contribution in [0.25, 0.3) is 0 Å². The zero-order valence-corrected chi connectivity index (χ0v) is 9.18. The molecule has 0 bridgehead atoms. The average molecular weight is 214 g/mol. The number of aliphatic hydroxyl groups excluding tert-OH is 1. The molecular formula is C9H18N4O2. The highest BCUT2D eigenvalue weighted by molar-refractivity contribution is 5.26. The molecule has 86 valence electrons. The van der Waals surface area contributed by atoms with Crippen LogP contribution in [-0.2, 0) is 0 Å². The van der Waals surface area contributed by atoms with Crippen LogP contribution in [0.3, 0.4) is 0 Å². The van der Waals surface area contributed by atoms with Gasteiger partial charge in [0.25, 0.3) is 11.8 Å². The Morgan fingerprint density at radius 3 is 2.67 bits per heavy atom. The predicted octanol–water partition coefficient (Wildman–Crippen LogP) is 0.298. The molecule has 0 unspecified atom stereocenters. The maximum absolute atomic E-state index is 9.57. The molecule has 0 saturated carbocycles. The molecule has 0 aliphatic rings. The maximum atomic E-state index is 9.57. The summed E-state index contributed by atoms with van der Waals surface area (Å²) >= 11 is 0. The third kappa shape index (κ3) is 2.90. The largest absolute Gasteiger partial charge is 0.383 e. The van der Waals surface area contributed by atoms with Gasteiger partial charge in [-0.3, -0.25) is 0 Å². The van der Waals surface area contributed by atoms with Crippen molar-refractivity contribution in [3.05, 3.63) is 5.89 Å². The van der Waals surface area contributed by atoms with Gasteiger partial charge in [0.2, 0.25) is 0 Å². The minimum atomic E-state index is -0.758. The lowest BCUT2D eigenvalue weighted by Crippen LogP contribution is -2.23. The SMILES string of the molecule is CCN(CC)c1noc([C@@H](O)CCN)n1. The molecule has 1 atom stereocenters. The molecular weight excluding hydrogens is 196 g/mol. The molecule has 0 radical (unpaired) electrons. The van der Waals surface area contributed by atoms with Gasteiger partial charge in [-0.25, -0.2) is 0 Å². The molecule has 0 aliphatic heterocycles.